The van der Waals surface area contributed by atoms with Crippen molar-refractivity contribution in [1.82, 2.24) is 14.5 Å². The molecule has 1 amide bonds. The van der Waals surface area contributed by atoms with Gasteiger partial charge in [0.15, 0.2) is 0 Å². The molecule has 1 N–H and O–H groups in total. The lowest BCUT2D eigenvalue weighted by Crippen LogP contribution is -2.42. The van der Waals surface area contributed by atoms with Crippen LogP contribution in [-0.4, -0.2) is 44.7 Å². The highest BCUT2D eigenvalue weighted by Gasteiger charge is 2.34. The molecule has 0 saturated carbocycles. The van der Waals surface area contributed by atoms with Gasteiger partial charge >= 0.3 is 0 Å². The molecule has 1 fully saturated rings. The van der Waals surface area contributed by atoms with E-state index in [-0.39, 0.29) is 29.4 Å². The van der Waals surface area contributed by atoms with Crippen LogP contribution in [0, 0.1) is 11.3 Å². The Morgan fingerprint density at radius 3 is 2.68 bits per heavy atom. The summed E-state index contributed by atoms with van der Waals surface area (Å²) in [5.74, 6) is 0.492. The van der Waals surface area contributed by atoms with Gasteiger partial charge in [0, 0.05) is 25.1 Å². The largest absolute Gasteiger partial charge is 0.393 e. The number of carbonyl (C=O) groups excluding carboxylic acids is 1. The van der Waals surface area contributed by atoms with Crippen molar-refractivity contribution in [3.8, 4) is 11.3 Å². The van der Waals surface area contributed by atoms with Crippen LogP contribution in [0.25, 0.3) is 11.3 Å². The van der Waals surface area contributed by atoms with Crippen molar-refractivity contribution >= 4 is 5.91 Å². The number of benzene rings is 1. The van der Waals surface area contributed by atoms with Gasteiger partial charge in [0.1, 0.15) is 0 Å². The van der Waals surface area contributed by atoms with Gasteiger partial charge in [-0.25, -0.2) is 4.98 Å². The Kier molecular flexibility index (Phi) is 5.04. The maximum absolute atomic E-state index is 12.5. The molecule has 0 bridgehead atoms. The van der Waals surface area contributed by atoms with Crippen molar-refractivity contribution in [2.75, 3.05) is 13.1 Å². The van der Waals surface area contributed by atoms with E-state index in [0.717, 1.165) is 31.6 Å². The fourth-order valence-electron chi connectivity index (χ4n) is 4.69. The molecular weight excluding hydrogens is 350 g/mol. The van der Waals surface area contributed by atoms with Gasteiger partial charge in [-0.1, -0.05) is 45.0 Å². The third-order valence-electron chi connectivity index (χ3n) is 6.18. The van der Waals surface area contributed by atoms with Gasteiger partial charge in [-0.3, -0.25) is 4.79 Å². The smallest absolute Gasteiger partial charge is 0.223 e. The first-order valence-electron chi connectivity index (χ1n) is 10.4. The number of nitrogens with zero attached hydrogens (tertiary/aromatic N) is 3. The predicted molar refractivity (Wildman–Crippen MR) is 110 cm³/mol. The number of rotatable bonds is 4. The van der Waals surface area contributed by atoms with E-state index in [1.54, 1.807) is 0 Å². The van der Waals surface area contributed by atoms with Crippen LogP contribution in [0.4, 0.5) is 0 Å². The van der Waals surface area contributed by atoms with E-state index in [1.807, 2.05) is 17.4 Å². The van der Waals surface area contributed by atoms with Gasteiger partial charge in [0.25, 0.3) is 0 Å². The van der Waals surface area contributed by atoms with Crippen molar-refractivity contribution < 1.29 is 9.90 Å². The Balaban J connectivity index is 1.38. The highest BCUT2D eigenvalue weighted by Crippen LogP contribution is 2.42. The lowest BCUT2D eigenvalue weighted by molar-refractivity contribution is -0.135. The summed E-state index contributed by atoms with van der Waals surface area (Å²) in [6, 6.07) is 8.56. The summed E-state index contributed by atoms with van der Waals surface area (Å²) in [7, 11) is 0. The van der Waals surface area contributed by atoms with Crippen LogP contribution in [0.5, 0.6) is 0 Å². The first kappa shape index (κ1) is 19.2. The number of aromatic nitrogens is 2. The molecule has 28 heavy (non-hydrogen) atoms. The van der Waals surface area contributed by atoms with E-state index >= 15 is 0 Å². The molecule has 5 nitrogen and oxygen atoms in total. The van der Waals surface area contributed by atoms with Crippen LogP contribution in [0.3, 0.4) is 0 Å². The van der Waals surface area contributed by atoms with Crippen LogP contribution in [0.2, 0.25) is 0 Å². The van der Waals surface area contributed by atoms with E-state index in [1.165, 1.54) is 11.1 Å². The maximum atomic E-state index is 12.5. The Bertz CT molecular complexity index is 844. The normalized spacial score (nSPS) is 20.7. The molecule has 1 aromatic carbocycles. The summed E-state index contributed by atoms with van der Waals surface area (Å²) in [6.45, 7) is 7.82. The summed E-state index contributed by atoms with van der Waals surface area (Å²) in [4.78, 5) is 18.8. The fourth-order valence-corrected chi connectivity index (χ4v) is 4.69. The van der Waals surface area contributed by atoms with E-state index in [4.69, 9.17) is 0 Å². The van der Waals surface area contributed by atoms with Gasteiger partial charge < -0.3 is 14.6 Å². The topological polar surface area (TPSA) is 58.4 Å². The quantitative estimate of drug-likeness (QED) is 0.874. The molecule has 2 atom stereocenters. The minimum atomic E-state index is -0.369. The van der Waals surface area contributed by atoms with Crippen molar-refractivity contribution in [2.24, 2.45) is 11.3 Å². The van der Waals surface area contributed by atoms with Crippen molar-refractivity contribution in [1.29, 1.82) is 0 Å². The predicted octanol–water partition coefficient (Wildman–Crippen LogP) is 3.88. The standard InChI is InChI=1S/C23H31N3O2/c1-23(2,3)13-22(28)25-10-8-16(9-11-25)21(27)12-19-17-6-4-5-7-18(17)20-14-24-15-26(19)20/h4-7,14-16,19,21,27H,8-13H2,1-3H3. The molecular formula is C23H31N3O2. The molecule has 0 aliphatic carbocycles. The summed E-state index contributed by atoms with van der Waals surface area (Å²) < 4.78 is 2.19. The molecule has 0 spiro atoms. The van der Waals surface area contributed by atoms with Crippen LogP contribution in [0.1, 0.15) is 58.1 Å². The molecule has 5 heteroatoms. The molecule has 3 heterocycles. The Labute approximate surface area is 167 Å². The molecule has 2 unspecified atom stereocenters. The van der Waals surface area contributed by atoms with Crippen LogP contribution in [-0.2, 0) is 4.79 Å². The second kappa shape index (κ2) is 7.36. The van der Waals surface area contributed by atoms with E-state index in [2.05, 4.69) is 54.6 Å². The first-order chi connectivity index (χ1) is 13.3. The number of aliphatic hydroxyl groups excluding tert-OH is 1. The number of piperidine rings is 1. The molecule has 2 aliphatic heterocycles. The molecule has 150 valence electrons. The number of imidazole rings is 1. The van der Waals surface area contributed by atoms with E-state index < -0.39 is 0 Å². The SMILES string of the molecule is CC(C)(C)CC(=O)N1CCC(C(O)CC2c3ccccc3-c3cncn32)CC1. The van der Waals surface area contributed by atoms with E-state index in [9.17, 15) is 9.90 Å². The third kappa shape index (κ3) is 3.72. The number of likely N-dealkylation sites (tertiary alicyclic amines) is 1. The molecule has 0 radical (unpaired) electrons. The average molecular weight is 382 g/mol. The zero-order valence-electron chi connectivity index (χ0n) is 17.1. The first-order valence-corrected chi connectivity index (χ1v) is 10.4. The fraction of sp³-hybridized carbons (Fsp3) is 0.565. The van der Waals surface area contributed by atoms with Crippen molar-refractivity contribution in [2.45, 2.75) is 58.6 Å². The zero-order valence-corrected chi connectivity index (χ0v) is 17.1. The minimum Gasteiger partial charge on any atom is -0.393 e. The van der Waals surface area contributed by atoms with Crippen LogP contribution in [0.15, 0.2) is 36.8 Å². The highest BCUT2D eigenvalue weighted by atomic mass is 16.3. The lowest BCUT2D eigenvalue weighted by Gasteiger charge is -2.36. The van der Waals surface area contributed by atoms with Gasteiger partial charge in [0.05, 0.1) is 30.4 Å². The zero-order chi connectivity index (χ0) is 19.9. The molecule has 2 aliphatic rings. The Morgan fingerprint density at radius 1 is 1.25 bits per heavy atom. The second-order valence-electron chi connectivity index (χ2n) is 9.55. The van der Waals surface area contributed by atoms with Crippen LogP contribution < -0.4 is 0 Å². The number of fused-ring (bicyclic) bond motifs is 3. The molecule has 2 aromatic rings. The molecule has 1 aromatic heterocycles. The second-order valence-corrected chi connectivity index (χ2v) is 9.55. The number of amides is 1. The van der Waals surface area contributed by atoms with Gasteiger partial charge in [-0.2, -0.15) is 0 Å². The number of hydrogen-bond donors (Lipinski definition) is 1. The Morgan fingerprint density at radius 2 is 1.96 bits per heavy atom. The third-order valence-corrected chi connectivity index (χ3v) is 6.18. The minimum absolute atomic E-state index is 0.0197. The average Bonchev–Trinajstić information content (AvgIpc) is 3.23. The number of carbonyl (C=O) groups is 1. The van der Waals surface area contributed by atoms with Gasteiger partial charge in [-0.05, 0) is 36.2 Å². The lowest BCUT2D eigenvalue weighted by atomic mass is 9.85. The van der Waals surface area contributed by atoms with Crippen LogP contribution >= 0.6 is 0 Å². The molecule has 4 rings (SSSR count). The van der Waals surface area contributed by atoms with Gasteiger partial charge in [-0.15, -0.1) is 0 Å². The Hall–Kier alpha value is -2.14. The summed E-state index contributed by atoms with van der Waals surface area (Å²) in [5.41, 5.74) is 3.65. The van der Waals surface area contributed by atoms with Crippen molar-refractivity contribution in [3.63, 3.8) is 0 Å². The van der Waals surface area contributed by atoms with Crippen molar-refractivity contribution in [3.05, 3.63) is 42.4 Å². The van der Waals surface area contributed by atoms with E-state index in [0.29, 0.717) is 12.8 Å². The monoisotopic (exact) mass is 381 g/mol. The molecule has 1 saturated heterocycles. The number of aliphatic hydroxyl groups is 1. The highest BCUT2D eigenvalue weighted by molar-refractivity contribution is 5.76. The summed E-state index contributed by atoms with van der Waals surface area (Å²) in [5, 5.41) is 11.0. The number of hydrogen-bond acceptors (Lipinski definition) is 3. The summed E-state index contributed by atoms with van der Waals surface area (Å²) >= 11 is 0. The van der Waals surface area contributed by atoms with Gasteiger partial charge in [0.2, 0.25) is 5.91 Å². The summed E-state index contributed by atoms with van der Waals surface area (Å²) in [6.07, 6.45) is 6.45. The maximum Gasteiger partial charge on any atom is 0.223 e.